The van der Waals surface area contributed by atoms with Crippen LogP contribution >= 0.6 is 0 Å². The zero-order valence-corrected chi connectivity index (χ0v) is 27.6. The van der Waals surface area contributed by atoms with Crippen LogP contribution in [0.1, 0.15) is 45.4 Å². The Hall–Kier alpha value is -3.95. The number of methoxy groups -OCH3 is 2. The predicted molar refractivity (Wildman–Crippen MR) is 182 cm³/mol. The summed E-state index contributed by atoms with van der Waals surface area (Å²) in [5.74, 6) is 5.16. The van der Waals surface area contributed by atoms with Crippen molar-refractivity contribution < 1.29 is 23.7 Å². The largest absolute Gasteiger partial charge is 0.493 e. The monoisotopic (exact) mass is 628 g/mol. The molecule has 0 radical (unpaired) electrons. The van der Waals surface area contributed by atoms with Crippen LogP contribution in [0.4, 0.5) is 0 Å². The van der Waals surface area contributed by atoms with Crippen LogP contribution in [0.25, 0.3) is 22.4 Å². The van der Waals surface area contributed by atoms with Crippen molar-refractivity contribution in [1.29, 1.82) is 0 Å². The first-order valence-electron chi connectivity index (χ1n) is 16.9. The molecule has 2 fully saturated rings. The fourth-order valence-corrected chi connectivity index (χ4v) is 6.43. The van der Waals surface area contributed by atoms with Crippen molar-refractivity contribution in [2.45, 2.75) is 52.0 Å². The number of fused-ring (bicyclic) bond motifs is 1. The van der Waals surface area contributed by atoms with Crippen molar-refractivity contribution >= 4 is 11.0 Å². The second-order valence-electron chi connectivity index (χ2n) is 12.2. The van der Waals surface area contributed by atoms with E-state index in [1.54, 1.807) is 14.2 Å². The van der Waals surface area contributed by atoms with Gasteiger partial charge < -0.3 is 28.3 Å². The number of unbranched alkanes of at least 4 members (excludes halogenated alkanes) is 1. The number of likely N-dealkylation sites (tertiary alicyclic amines) is 2. The van der Waals surface area contributed by atoms with Crippen molar-refractivity contribution in [3.8, 4) is 45.9 Å². The zero-order valence-electron chi connectivity index (χ0n) is 27.6. The number of ether oxygens (including phenoxy) is 5. The Kier molecular flexibility index (Phi) is 10.8. The van der Waals surface area contributed by atoms with Crippen molar-refractivity contribution in [2.75, 3.05) is 66.7 Å². The summed E-state index contributed by atoms with van der Waals surface area (Å²) in [6.07, 6.45) is 7.20. The number of aromatic nitrogens is 2. The first kappa shape index (κ1) is 32.0. The van der Waals surface area contributed by atoms with E-state index < -0.39 is 0 Å². The van der Waals surface area contributed by atoms with Crippen molar-refractivity contribution in [1.82, 2.24) is 19.4 Å². The molecule has 9 heteroatoms. The number of hydrogen-bond acceptors (Lipinski definition) is 8. The molecular formula is C37H48N4O5. The molecule has 3 heterocycles. The van der Waals surface area contributed by atoms with Crippen molar-refractivity contribution in [3.63, 3.8) is 0 Å². The molecule has 1 aromatic heterocycles. The van der Waals surface area contributed by atoms with E-state index in [9.17, 15) is 0 Å². The van der Waals surface area contributed by atoms with Gasteiger partial charge in [-0.1, -0.05) is 25.5 Å². The van der Waals surface area contributed by atoms with Gasteiger partial charge in [-0.05, 0) is 82.5 Å². The number of rotatable bonds is 16. The maximum atomic E-state index is 6.50. The van der Waals surface area contributed by atoms with Crippen LogP contribution in [-0.4, -0.2) is 86.1 Å². The topological polar surface area (TPSA) is 70.5 Å². The van der Waals surface area contributed by atoms with E-state index in [1.807, 2.05) is 42.5 Å². The minimum absolute atomic E-state index is 0.619. The first-order chi connectivity index (χ1) is 22.6. The maximum absolute atomic E-state index is 6.50. The van der Waals surface area contributed by atoms with Crippen LogP contribution in [0.15, 0.2) is 54.6 Å². The summed E-state index contributed by atoms with van der Waals surface area (Å²) < 4.78 is 32.3. The van der Waals surface area contributed by atoms with E-state index in [-0.39, 0.29) is 0 Å². The molecule has 0 N–H and O–H groups in total. The molecule has 2 aliphatic heterocycles. The standard InChI is InChI=1S/C37H48N4O5/c1-4-5-19-41-32-25-31(44-22-20-39-15-6-7-16-39)27-35(45-23-21-40-17-8-9-18-40)36(32)38-37(41)28-11-10-12-29(24-28)46-30-13-14-33(42-2)34(26-30)43-3/h10-14,24-27H,4-9,15-23H2,1-3H3. The molecule has 0 aliphatic carbocycles. The van der Waals surface area contributed by atoms with E-state index in [2.05, 4.69) is 33.4 Å². The van der Waals surface area contributed by atoms with E-state index in [4.69, 9.17) is 28.7 Å². The van der Waals surface area contributed by atoms with E-state index in [1.165, 1.54) is 25.7 Å². The molecule has 9 nitrogen and oxygen atoms in total. The predicted octanol–water partition coefficient (Wildman–Crippen LogP) is 7.26. The molecule has 0 amide bonds. The lowest BCUT2D eigenvalue weighted by molar-refractivity contribution is 0.231. The highest BCUT2D eigenvalue weighted by Crippen LogP contribution is 2.37. The molecule has 0 spiro atoms. The Labute approximate surface area is 273 Å². The molecule has 0 saturated carbocycles. The molecule has 46 heavy (non-hydrogen) atoms. The third kappa shape index (κ3) is 7.70. The van der Waals surface area contributed by atoms with Crippen molar-refractivity contribution in [3.05, 3.63) is 54.6 Å². The highest BCUT2D eigenvalue weighted by atomic mass is 16.5. The minimum Gasteiger partial charge on any atom is -0.493 e. The van der Waals surface area contributed by atoms with Gasteiger partial charge in [0.25, 0.3) is 0 Å². The Balaban J connectivity index is 1.32. The zero-order chi connectivity index (χ0) is 31.7. The van der Waals surface area contributed by atoms with Crippen LogP contribution in [0.5, 0.6) is 34.5 Å². The summed E-state index contributed by atoms with van der Waals surface area (Å²) in [6, 6.07) is 17.8. The number of hydrogen-bond donors (Lipinski definition) is 0. The molecule has 4 aromatic rings. The van der Waals surface area contributed by atoms with Gasteiger partial charge in [0.2, 0.25) is 0 Å². The Morgan fingerprint density at radius 2 is 1.35 bits per heavy atom. The van der Waals surface area contributed by atoms with Crippen LogP contribution in [0, 0.1) is 0 Å². The van der Waals surface area contributed by atoms with Gasteiger partial charge >= 0.3 is 0 Å². The Bertz CT molecular complexity index is 1580. The molecule has 0 atom stereocenters. The minimum atomic E-state index is 0.619. The average Bonchev–Trinajstić information content (AvgIpc) is 3.86. The Morgan fingerprint density at radius 1 is 0.674 bits per heavy atom. The molecule has 2 aliphatic rings. The van der Waals surface area contributed by atoms with Gasteiger partial charge in [0.05, 0.1) is 19.7 Å². The summed E-state index contributed by atoms with van der Waals surface area (Å²) in [6.45, 7) is 10.8. The molecule has 0 unspecified atom stereocenters. The molecule has 0 bridgehead atoms. The Morgan fingerprint density at radius 3 is 2.04 bits per heavy atom. The lowest BCUT2D eigenvalue weighted by Crippen LogP contribution is -2.25. The average molecular weight is 629 g/mol. The summed E-state index contributed by atoms with van der Waals surface area (Å²) in [5, 5.41) is 0. The first-order valence-corrected chi connectivity index (χ1v) is 16.9. The van der Waals surface area contributed by atoms with Gasteiger partial charge in [-0.15, -0.1) is 0 Å². The molecule has 246 valence electrons. The lowest BCUT2D eigenvalue weighted by Gasteiger charge is -2.17. The highest BCUT2D eigenvalue weighted by Gasteiger charge is 2.20. The van der Waals surface area contributed by atoms with Gasteiger partial charge in [-0.2, -0.15) is 0 Å². The van der Waals surface area contributed by atoms with Gasteiger partial charge in [0.15, 0.2) is 17.2 Å². The van der Waals surface area contributed by atoms with E-state index >= 15 is 0 Å². The SMILES string of the molecule is CCCCn1c(-c2cccc(Oc3ccc(OC)c(OC)c3)c2)nc2c(OCCN3CCCC3)cc(OCCN3CCCC3)cc21. The third-order valence-electron chi connectivity index (χ3n) is 8.95. The second kappa shape index (κ2) is 15.6. The fraction of sp³-hybridized carbons (Fsp3) is 0.486. The fourth-order valence-electron chi connectivity index (χ4n) is 6.43. The summed E-state index contributed by atoms with van der Waals surface area (Å²) in [4.78, 5) is 10.2. The quantitative estimate of drug-likeness (QED) is 0.128. The normalized spacial score (nSPS) is 15.5. The third-order valence-corrected chi connectivity index (χ3v) is 8.95. The maximum Gasteiger partial charge on any atom is 0.164 e. The van der Waals surface area contributed by atoms with Crippen LogP contribution < -0.4 is 23.7 Å². The smallest absolute Gasteiger partial charge is 0.164 e. The number of imidazole rings is 1. The van der Waals surface area contributed by atoms with Gasteiger partial charge in [-0.3, -0.25) is 9.80 Å². The molecular weight excluding hydrogens is 580 g/mol. The van der Waals surface area contributed by atoms with Crippen LogP contribution in [0.2, 0.25) is 0 Å². The summed E-state index contributed by atoms with van der Waals surface area (Å²) in [7, 11) is 3.25. The summed E-state index contributed by atoms with van der Waals surface area (Å²) in [5.41, 5.74) is 2.87. The molecule has 3 aromatic carbocycles. The van der Waals surface area contributed by atoms with Crippen LogP contribution in [-0.2, 0) is 6.54 Å². The van der Waals surface area contributed by atoms with Crippen molar-refractivity contribution in [2.24, 2.45) is 0 Å². The van der Waals surface area contributed by atoms with Gasteiger partial charge in [0.1, 0.15) is 41.8 Å². The van der Waals surface area contributed by atoms with Gasteiger partial charge in [-0.25, -0.2) is 4.98 Å². The second-order valence-corrected chi connectivity index (χ2v) is 12.2. The van der Waals surface area contributed by atoms with E-state index in [0.29, 0.717) is 36.2 Å². The molecule has 6 rings (SSSR count). The van der Waals surface area contributed by atoms with E-state index in [0.717, 1.165) is 92.6 Å². The lowest BCUT2D eigenvalue weighted by atomic mass is 10.2. The number of benzene rings is 3. The number of nitrogens with zero attached hydrogens (tertiary/aromatic N) is 4. The molecule has 2 saturated heterocycles. The van der Waals surface area contributed by atoms with Gasteiger partial charge in [0, 0.05) is 43.4 Å². The van der Waals surface area contributed by atoms with Crippen LogP contribution in [0.3, 0.4) is 0 Å². The highest BCUT2D eigenvalue weighted by molar-refractivity contribution is 5.87. The summed E-state index contributed by atoms with van der Waals surface area (Å²) >= 11 is 0. The number of aryl methyl sites for hydroxylation is 1.